The summed E-state index contributed by atoms with van der Waals surface area (Å²) in [5, 5.41) is 8.91. The quantitative estimate of drug-likeness (QED) is 0.734. The molecule has 2 fully saturated rings. The highest BCUT2D eigenvalue weighted by Gasteiger charge is 2.58. The van der Waals surface area contributed by atoms with Crippen LogP contribution in [0.15, 0.2) is 18.2 Å². The predicted octanol–water partition coefficient (Wildman–Crippen LogP) is 1.20. The number of amides is 2. The van der Waals surface area contributed by atoms with Gasteiger partial charge in [0.2, 0.25) is 11.8 Å². The molecule has 4 nitrogen and oxygen atoms in total. The fourth-order valence-electron chi connectivity index (χ4n) is 2.38. The Kier molecular flexibility index (Phi) is 2.20. The number of halogens is 1. The Balaban J connectivity index is 1.89. The number of carbonyl (C=O) groups excluding carboxylic acids is 2. The maximum Gasteiger partial charge on any atom is 0.233 e. The van der Waals surface area contributed by atoms with Gasteiger partial charge in [-0.05, 0) is 30.2 Å². The predicted molar refractivity (Wildman–Crippen MR) is 58.3 cm³/mol. The van der Waals surface area contributed by atoms with Gasteiger partial charge in [-0.1, -0.05) is 0 Å². The lowest BCUT2D eigenvalue weighted by atomic mass is 10.1. The SMILES string of the molecule is N#Cc1ccc(F)cc1CN1C(=O)C2CC2C1=O. The van der Waals surface area contributed by atoms with E-state index in [1.54, 1.807) is 0 Å². The Bertz CT molecular complexity index is 585. The summed E-state index contributed by atoms with van der Waals surface area (Å²) >= 11 is 0. The molecule has 0 bridgehead atoms. The molecular formula is C13H9FN2O2. The maximum absolute atomic E-state index is 13.1. The van der Waals surface area contributed by atoms with Crippen LogP contribution in [-0.2, 0) is 16.1 Å². The van der Waals surface area contributed by atoms with E-state index in [-0.39, 0.29) is 35.8 Å². The van der Waals surface area contributed by atoms with Crippen molar-refractivity contribution >= 4 is 11.8 Å². The molecule has 0 aromatic heterocycles. The molecule has 1 saturated heterocycles. The van der Waals surface area contributed by atoms with Gasteiger partial charge in [0.05, 0.1) is 30.0 Å². The molecule has 2 atom stereocenters. The molecule has 90 valence electrons. The second-order valence-electron chi connectivity index (χ2n) is 4.62. The number of likely N-dealkylation sites (tertiary alicyclic amines) is 1. The fourth-order valence-corrected chi connectivity index (χ4v) is 2.38. The van der Waals surface area contributed by atoms with Gasteiger partial charge < -0.3 is 0 Å². The Labute approximate surface area is 103 Å². The minimum atomic E-state index is -0.478. The van der Waals surface area contributed by atoms with E-state index in [2.05, 4.69) is 0 Å². The molecule has 1 aliphatic carbocycles. The van der Waals surface area contributed by atoms with Crippen molar-refractivity contribution in [3.63, 3.8) is 0 Å². The number of nitriles is 1. The van der Waals surface area contributed by atoms with E-state index < -0.39 is 5.82 Å². The number of fused-ring (bicyclic) bond motifs is 1. The Hall–Kier alpha value is -2.22. The van der Waals surface area contributed by atoms with Gasteiger partial charge in [-0.3, -0.25) is 14.5 Å². The van der Waals surface area contributed by atoms with Crippen molar-refractivity contribution in [2.45, 2.75) is 13.0 Å². The van der Waals surface area contributed by atoms with Gasteiger partial charge in [-0.2, -0.15) is 5.26 Å². The first-order valence-electron chi connectivity index (χ1n) is 5.65. The average molecular weight is 244 g/mol. The summed E-state index contributed by atoms with van der Waals surface area (Å²) < 4.78 is 13.1. The topological polar surface area (TPSA) is 61.2 Å². The zero-order chi connectivity index (χ0) is 12.9. The van der Waals surface area contributed by atoms with Crippen molar-refractivity contribution < 1.29 is 14.0 Å². The maximum atomic E-state index is 13.1. The lowest BCUT2D eigenvalue weighted by Gasteiger charge is -2.17. The second kappa shape index (κ2) is 3.64. The van der Waals surface area contributed by atoms with Crippen LogP contribution in [0.5, 0.6) is 0 Å². The summed E-state index contributed by atoms with van der Waals surface area (Å²) in [5.41, 5.74) is 0.665. The summed E-state index contributed by atoms with van der Waals surface area (Å²) in [7, 11) is 0. The van der Waals surface area contributed by atoms with E-state index >= 15 is 0 Å². The summed E-state index contributed by atoms with van der Waals surface area (Å²) in [6, 6.07) is 5.68. The zero-order valence-electron chi connectivity index (χ0n) is 9.39. The normalized spacial score (nSPS) is 25.0. The second-order valence-corrected chi connectivity index (χ2v) is 4.62. The molecule has 3 rings (SSSR count). The molecule has 18 heavy (non-hydrogen) atoms. The summed E-state index contributed by atoms with van der Waals surface area (Å²) in [4.78, 5) is 24.7. The Morgan fingerprint density at radius 2 is 2.00 bits per heavy atom. The van der Waals surface area contributed by atoms with Gasteiger partial charge in [-0.25, -0.2) is 4.39 Å². The highest BCUT2D eigenvalue weighted by molar-refractivity contribution is 6.08. The number of piperidine rings is 1. The van der Waals surface area contributed by atoms with E-state index in [0.717, 1.165) is 4.90 Å². The first-order chi connectivity index (χ1) is 8.61. The zero-order valence-corrected chi connectivity index (χ0v) is 9.39. The molecule has 5 heteroatoms. The van der Waals surface area contributed by atoms with Gasteiger partial charge in [-0.15, -0.1) is 0 Å². The van der Waals surface area contributed by atoms with Crippen molar-refractivity contribution in [3.05, 3.63) is 35.1 Å². The minimum absolute atomic E-state index is 0.00861. The van der Waals surface area contributed by atoms with E-state index in [0.29, 0.717) is 12.0 Å². The van der Waals surface area contributed by atoms with Crippen LogP contribution in [0.2, 0.25) is 0 Å². The Morgan fingerprint density at radius 3 is 2.61 bits per heavy atom. The molecule has 2 aliphatic rings. The minimum Gasteiger partial charge on any atom is -0.278 e. The third-order valence-electron chi connectivity index (χ3n) is 3.47. The third kappa shape index (κ3) is 1.50. The highest BCUT2D eigenvalue weighted by atomic mass is 19.1. The molecule has 1 aromatic carbocycles. The molecule has 1 saturated carbocycles. The van der Waals surface area contributed by atoms with Crippen molar-refractivity contribution in [1.82, 2.24) is 4.90 Å². The van der Waals surface area contributed by atoms with E-state index in [1.165, 1.54) is 18.2 Å². The van der Waals surface area contributed by atoms with Crippen LogP contribution < -0.4 is 0 Å². The number of benzene rings is 1. The standard InChI is InChI=1S/C13H9FN2O2/c14-9-2-1-7(5-15)8(3-9)6-16-12(17)10-4-11(10)13(16)18/h1-3,10-11H,4,6H2. The average Bonchev–Trinajstić information content (AvgIpc) is 3.10. The smallest absolute Gasteiger partial charge is 0.233 e. The number of hydrogen-bond acceptors (Lipinski definition) is 3. The van der Waals surface area contributed by atoms with Gasteiger partial charge in [0.25, 0.3) is 0 Å². The number of carbonyl (C=O) groups is 2. The van der Waals surface area contributed by atoms with E-state index in [9.17, 15) is 14.0 Å². The monoisotopic (exact) mass is 244 g/mol. The lowest BCUT2D eigenvalue weighted by molar-refractivity contribution is -0.142. The summed E-state index contributed by atoms with van der Waals surface area (Å²) in [5.74, 6) is -1.21. The summed E-state index contributed by atoms with van der Waals surface area (Å²) in [6.45, 7) is -0.00861. The van der Waals surface area contributed by atoms with Gasteiger partial charge in [0.1, 0.15) is 5.82 Å². The van der Waals surface area contributed by atoms with Gasteiger partial charge >= 0.3 is 0 Å². The number of rotatable bonds is 2. The molecule has 0 spiro atoms. The molecule has 0 N–H and O–H groups in total. The molecule has 1 aromatic rings. The van der Waals surface area contributed by atoms with Crippen LogP contribution in [0, 0.1) is 29.0 Å². The van der Waals surface area contributed by atoms with Crippen molar-refractivity contribution in [2.24, 2.45) is 11.8 Å². The molecule has 2 amide bonds. The van der Waals surface area contributed by atoms with Gasteiger partial charge in [0.15, 0.2) is 0 Å². The van der Waals surface area contributed by atoms with Crippen molar-refractivity contribution in [2.75, 3.05) is 0 Å². The van der Waals surface area contributed by atoms with Crippen LogP contribution in [0.25, 0.3) is 0 Å². The third-order valence-corrected chi connectivity index (χ3v) is 3.47. The van der Waals surface area contributed by atoms with E-state index in [1.807, 2.05) is 6.07 Å². The fraction of sp³-hybridized carbons (Fsp3) is 0.308. The number of nitrogens with zero attached hydrogens (tertiary/aromatic N) is 2. The van der Waals surface area contributed by atoms with Crippen molar-refractivity contribution in [3.8, 4) is 6.07 Å². The highest BCUT2D eigenvalue weighted by Crippen LogP contribution is 2.47. The molecule has 1 heterocycles. The number of hydrogen-bond donors (Lipinski definition) is 0. The Morgan fingerprint density at radius 1 is 1.33 bits per heavy atom. The lowest BCUT2D eigenvalue weighted by Crippen LogP contribution is -2.32. The first kappa shape index (κ1) is 10.9. The molecule has 0 radical (unpaired) electrons. The number of imide groups is 1. The van der Waals surface area contributed by atoms with Gasteiger partial charge in [0, 0.05) is 0 Å². The molecular weight excluding hydrogens is 235 g/mol. The largest absolute Gasteiger partial charge is 0.278 e. The van der Waals surface area contributed by atoms with Crippen LogP contribution >= 0.6 is 0 Å². The molecule has 1 aliphatic heterocycles. The van der Waals surface area contributed by atoms with Crippen LogP contribution in [-0.4, -0.2) is 16.7 Å². The van der Waals surface area contributed by atoms with E-state index in [4.69, 9.17) is 5.26 Å². The first-order valence-corrected chi connectivity index (χ1v) is 5.65. The molecule has 2 unspecified atom stereocenters. The van der Waals surface area contributed by atoms with Crippen molar-refractivity contribution in [1.29, 1.82) is 5.26 Å². The summed E-state index contributed by atoms with van der Waals surface area (Å²) in [6.07, 6.45) is 0.641. The van der Waals surface area contributed by atoms with Crippen LogP contribution in [0.4, 0.5) is 4.39 Å². The van der Waals surface area contributed by atoms with Crippen LogP contribution in [0.3, 0.4) is 0 Å². The van der Waals surface area contributed by atoms with Crippen LogP contribution in [0.1, 0.15) is 17.5 Å².